The molecule has 3 rings (SSSR count). The third-order valence-electron chi connectivity index (χ3n) is 4.70. The van der Waals surface area contributed by atoms with Crippen molar-refractivity contribution in [2.24, 2.45) is 0 Å². The van der Waals surface area contributed by atoms with Crippen LogP contribution in [0.3, 0.4) is 0 Å². The third kappa shape index (κ3) is 6.46. The molecule has 5 nitrogen and oxygen atoms in total. The normalized spacial score (nSPS) is 11.0. The zero-order chi connectivity index (χ0) is 22.2. The molecule has 2 amide bonds. The fourth-order valence-corrected chi connectivity index (χ4v) is 3.16. The van der Waals surface area contributed by atoms with Crippen molar-refractivity contribution in [3.05, 3.63) is 101 Å². The van der Waals surface area contributed by atoms with Gasteiger partial charge in [0.05, 0.1) is 6.42 Å². The molecular formula is C25H24ClN3O2. The Morgan fingerprint density at radius 1 is 0.871 bits per heavy atom. The number of carbonyl (C=O) groups excluding carboxylic acids is 2. The number of hydrazine groups is 1. The van der Waals surface area contributed by atoms with Gasteiger partial charge in [-0.1, -0.05) is 72.3 Å². The second-order valence-electron chi connectivity index (χ2n) is 7.14. The minimum atomic E-state index is -0.318. The summed E-state index contributed by atoms with van der Waals surface area (Å²) in [5.74, 6) is -0.521. The second-order valence-corrected chi connectivity index (χ2v) is 7.55. The Hall–Kier alpha value is -3.57. The summed E-state index contributed by atoms with van der Waals surface area (Å²) in [5.41, 5.74) is 10.4. The topological polar surface area (TPSA) is 70.2 Å². The van der Waals surface area contributed by atoms with Crippen molar-refractivity contribution in [1.29, 1.82) is 0 Å². The molecular weight excluding hydrogens is 410 g/mol. The number of anilines is 1. The smallest absolute Gasteiger partial charge is 0.250 e. The van der Waals surface area contributed by atoms with E-state index in [4.69, 9.17) is 11.6 Å². The molecule has 3 aromatic carbocycles. The van der Waals surface area contributed by atoms with Crippen LogP contribution in [-0.2, 0) is 16.0 Å². The Balaban J connectivity index is 1.49. The first-order valence-electron chi connectivity index (χ1n) is 9.86. The van der Waals surface area contributed by atoms with Gasteiger partial charge in [-0.15, -0.1) is 0 Å². The number of benzene rings is 3. The van der Waals surface area contributed by atoms with Crippen molar-refractivity contribution < 1.29 is 9.59 Å². The van der Waals surface area contributed by atoms with Crippen LogP contribution in [0.5, 0.6) is 0 Å². The van der Waals surface area contributed by atoms with Crippen LogP contribution >= 0.6 is 11.6 Å². The van der Waals surface area contributed by atoms with Crippen LogP contribution in [0.2, 0.25) is 5.02 Å². The maximum Gasteiger partial charge on any atom is 0.250 e. The zero-order valence-electron chi connectivity index (χ0n) is 17.4. The molecule has 0 saturated carbocycles. The van der Waals surface area contributed by atoms with Crippen molar-refractivity contribution >= 4 is 29.1 Å². The van der Waals surface area contributed by atoms with E-state index in [1.807, 2.05) is 61.5 Å². The van der Waals surface area contributed by atoms with Gasteiger partial charge in [0.15, 0.2) is 0 Å². The fourth-order valence-electron chi connectivity index (χ4n) is 2.99. The highest BCUT2D eigenvalue weighted by Gasteiger charge is 2.07. The molecule has 158 valence electrons. The Morgan fingerprint density at radius 3 is 2.26 bits per heavy atom. The number of halogens is 1. The highest BCUT2D eigenvalue weighted by molar-refractivity contribution is 6.31. The number of hydrogen-bond acceptors (Lipinski definition) is 3. The Kier molecular flexibility index (Phi) is 7.46. The molecule has 0 heterocycles. The predicted molar refractivity (Wildman–Crippen MR) is 125 cm³/mol. The van der Waals surface area contributed by atoms with Gasteiger partial charge in [0.2, 0.25) is 11.8 Å². The summed E-state index contributed by atoms with van der Waals surface area (Å²) in [5, 5.41) is 3.36. The summed E-state index contributed by atoms with van der Waals surface area (Å²) in [6, 6.07) is 23.2. The molecule has 0 atom stereocenters. The lowest BCUT2D eigenvalue weighted by atomic mass is 10.0. The molecule has 0 bridgehead atoms. The molecule has 31 heavy (non-hydrogen) atoms. The average molecular weight is 434 g/mol. The molecule has 6 heteroatoms. The first-order valence-corrected chi connectivity index (χ1v) is 10.2. The van der Waals surface area contributed by atoms with Crippen LogP contribution in [-0.4, -0.2) is 11.8 Å². The number of rotatable bonds is 7. The zero-order valence-corrected chi connectivity index (χ0v) is 18.2. The van der Waals surface area contributed by atoms with Gasteiger partial charge in [0, 0.05) is 22.5 Å². The molecule has 0 spiro atoms. The second kappa shape index (κ2) is 10.5. The van der Waals surface area contributed by atoms with Crippen LogP contribution in [0, 0.1) is 6.92 Å². The third-order valence-corrected chi connectivity index (χ3v) is 5.11. The van der Waals surface area contributed by atoms with Gasteiger partial charge >= 0.3 is 0 Å². The molecule has 0 unspecified atom stereocenters. The lowest BCUT2D eigenvalue weighted by molar-refractivity contribution is -0.121. The van der Waals surface area contributed by atoms with E-state index in [0.29, 0.717) is 16.4 Å². The van der Waals surface area contributed by atoms with E-state index in [9.17, 15) is 9.59 Å². The molecule has 0 aliphatic rings. The number of carbonyl (C=O) groups is 2. The highest BCUT2D eigenvalue weighted by Crippen LogP contribution is 2.23. The van der Waals surface area contributed by atoms with Gasteiger partial charge in [-0.25, -0.2) is 0 Å². The quantitative estimate of drug-likeness (QED) is 0.362. The molecule has 0 fully saturated rings. The summed E-state index contributed by atoms with van der Waals surface area (Å²) < 4.78 is 0. The maximum absolute atomic E-state index is 12.2. The van der Waals surface area contributed by atoms with E-state index in [0.717, 1.165) is 22.3 Å². The van der Waals surface area contributed by atoms with Crippen molar-refractivity contribution in [3.63, 3.8) is 0 Å². The molecule has 0 radical (unpaired) electrons. The average Bonchev–Trinajstić information content (AvgIpc) is 2.77. The molecule has 3 N–H and O–H groups in total. The Bertz CT molecular complexity index is 1090. The summed E-state index contributed by atoms with van der Waals surface area (Å²) in [6.45, 7) is 3.53. The monoisotopic (exact) mass is 433 g/mol. The van der Waals surface area contributed by atoms with E-state index in [-0.39, 0.29) is 18.2 Å². The molecule has 0 aliphatic heterocycles. The minimum absolute atomic E-state index is 0.202. The standard InChI is InChI=1S/C25H24ClN3O2/c1-17(15-24(30)27-23-10-6-9-22(26)18(23)2)28-29-25(31)16-19-11-13-21(14-12-19)20-7-4-3-5-8-20/h3-15,28H,16H2,1-2H3,(H,27,30)(H,29,31). The summed E-state index contributed by atoms with van der Waals surface area (Å²) in [4.78, 5) is 24.4. The van der Waals surface area contributed by atoms with Crippen LogP contribution in [0.25, 0.3) is 11.1 Å². The van der Waals surface area contributed by atoms with Gasteiger partial charge < -0.3 is 10.7 Å². The summed E-state index contributed by atoms with van der Waals surface area (Å²) >= 11 is 6.07. The van der Waals surface area contributed by atoms with E-state index >= 15 is 0 Å². The molecule has 0 saturated heterocycles. The number of hydrogen-bond donors (Lipinski definition) is 3. The van der Waals surface area contributed by atoms with Gasteiger partial charge in [-0.3, -0.25) is 15.0 Å². The van der Waals surface area contributed by atoms with Crippen LogP contribution < -0.4 is 16.2 Å². The van der Waals surface area contributed by atoms with E-state index < -0.39 is 0 Å². The Morgan fingerprint density at radius 2 is 1.55 bits per heavy atom. The number of amides is 2. The van der Waals surface area contributed by atoms with Crippen molar-refractivity contribution in [3.8, 4) is 11.1 Å². The SMILES string of the molecule is CC(=CC(=O)Nc1cccc(Cl)c1C)NNC(=O)Cc1ccc(-c2ccccc2)cc1. The lowest BCUT2D eigenvalue weighted by Gasteiger charge is -2.11. The summed E-state index contributed by atoms with van der Waals surface area (Å²) in [7, 11) is 0. The van der Waals surface area contributed by atoms with Gasteiger partial charge in [0.1, 0.15) is 0 Å². The minimum Gasteiger partial charge on any atom is -0.322 e. The van der Waals surface area contributed by atoms with E-state index in [2.05, 4.69) is 16.2 Å². The van der Waals surface area contributed by atoms with Crippen molar-refractivity contribution in [1.82, 2.24) is 10.9 Å². The molecule has 0 aromatic heterocycles. The van der Waals surface area contributed by atoms with Crippen molar-refractivity contribution in [2.45, 2.75) is 20.3 Å². The first-order chi connectivity index (χ1) is 14.9. The Labute approximate surface area is 187 Å². The van der Waals surface area contributed by atoms with Gasteiger partial charge in [-0.05, 0) is 48.2 Å². The predicted octanol–water partition coefficient (Wildman–Crippen LogP) is 5.02. The van der Waals surface area contributed by atoms with Crippen LogP contribution in [0.1, 0.15) is 18.1 Å². The molecule has 3 aromatic rings. The molecule has 0 aliphatic carbocycles. The van der Waals surface area contributed by atoms with E-state index in [1.165, 1.54) is 6.08 Å². The first kappa shape index (κ1) is 22.1. The van der Waals surface area contributed by atoms with Crippen molar-refractivity contribution in [2.75, 3.05) is 5.32 Å². The summed E-state index contributed by atoms with van der Waals surface area (Å²) in [6.07, 6.45) is 1.60. The lowest BCUT2D eigenvalue weighted by Crippen LogP contribution is -2.37. The number of nitrogens with one attached hydrogen (secondary N) is 3. The van der Waals surface area contributed by atoms with Gasteiger partial charge in [-0.2, -0.15) is 0 Å². The van der Waals surface area contributed by atoms with Gasteiger partial charge in [0.25, 0.3) is 0 Å². The van der Waals surface area contributed by atoms with E-state index in [1.54, 1.807) is 25.1 Å². The fraction of sp³-hybridized carbons (Fsp3) is 0.120. The highest BCUT2D eigenvalue weighted by atomic mass is 35.5. The maximum atomic E-state index is 12.2. The largest absolute Gasteiger partial charge is 0.322 e. The van der Waals surface area contributed by atoms with Crippen LogP contribution in [0.4, 0.5) is 5.69 Å². The number of allylic oxidation sites excluding steroid dienone is 1. The van der Waals surface area contributed by atoms with Crippen LogP contribution in [0.15, 0.2) is 84.6 Å².